The van der Waals surface area contributed by atoms with Crippen LogP contribution in [0.1, 0.15) is 51.4 Å². The first-order valence-electron chi connectivity index (χ1n) is 11.1. The fraction of sp³-hybridized carbons (Fsp3) is 0.750. The summed E-state index contributed by atoms with van der Waals surface area (Å²) in [5, 5.41) is 7.86. The molecule has 0 unspecified atom stereocenters. The van der Waals surface area contributed by atoms with Gasteiger partial charge in [-0.25, -0.2) is 14.6 Å². The Bertz CT molecular complexity index is 862. The number of piperidine rings is 1. The molecule has 0 radical (unpaired) electrons. The van der Waals surface area contributed by atoms with Crippen molar-refractivity contribution in [3.63, 3.8) is 0 Å². The maximum atomic E-state index is 12.1. The number of hydrogen-bond acceptors (Lipinski definition) is 8. The highest BCUT2D eigenvalue weighted by Crippen LogP contribution is 2.32. The smallest absolute Gasteiger partial charge is 0.245 e. The SMILES string of the molecule is O=C1CCCN1C[C@H]1CCCN(c2nc3nonc3nc2N2CCCCCC2)C1. The Morgan fingerprint density at radius 2 is 1.52 bits per heavy atom. The second-order valence-corrected chi connectivity index (χ2v) is 8.58. The third-order valence-corrected chi connectivity index (χ3v) is 6.45. The number of fused-ring (bicyclic) bond motifs is 1. The van der Waals surface area contributed by atoms with Crippen LogP contribution >= 0.6 is 0 Å². The van der Waals surface area contributed by atoms with Crippen LogP contribution in [0.25, 0.3) is 11.3 Å². The van der Waals surface area contributed by atoms with Crippen LogP contribution in [0.15, 0.2) is 4.63 Å². The molecule has 29 heavy (non-hydrogen) atoms. The minimum Gasteiger partial charge on any atom is -0.353 e. The van der Waals surface area contributed by atoms with E-state index in [0.717, 1.165) is 70.2 Å². The van der Waals surface area contributed by atoms with Crippen LogP contribution in [0.5, 0.6) is 0 Å². The van der Waals surface area contributed by atoms with Crippen LogP contribution in [-0.4, -0.2) is 70.4 Å². The molecular weight excluding hydrogens is 370 g/mol. The van der Waals surface area contributed by atoms with Gasteiger partial charge in [0, 0.05) is 45.7 Å². The van der Waals surface area contributed by atoms with Crippen molar-refractivity contribution in [2.24, 2.45) is 5.92 Å². The molecule has 0 aliphatic carbocycles. The van der Waals surface area contributed by atoms with Crippen molar-refractivity contribution < 1.29 is 9.42 Å². The Labute approximate surface area is 170 Å². The van der Waals surface area contributed by atoms with E-state index < -0.39 is 0 Å². The lowest BCUT2D eigenvalue weighted by Gasteiger charge is -2.37. The number of amides is 1. The summed E-state index contributed by atoms with van der Waals surface area (Å²) in [4.78, 5) is 28.4. The van der Waals surface area contributed by atoms with Gasteiger partial charge in [-0.2, -0.15) is 0 Å². The van der Waals surface area contributed by atoms with Gasteiger partial charge in [-0.3, -0.25) is 4.79 Å². The van der Waals surface area contributed by atoms with Crippen molar-refractivity contribution in [3.05, 3.63) is 0 Å². The topological polar surface area (TPSA) is 91.5 Å². The van der Waals surface area contributed by atoms with Crippen LogP contribution < -0.4 is 9.80 Å². The van der Waals surface area contributed by atoms with Gasteiger partial charge in [-0.15, -0.1) is 0 Å². The molecule has 0 bridgehead atoms. The van der Waals surface area contributed by atoms with Crippen molar-refractivity contribution in [1.29, 1.82) is 0 Å². The minimum atomic E-state index is 0.308. The number of anilines is 2. The summed E-state index contributed by atoms with van der Waals surface area (Å²) in [5.41, 5.74) is 0.944. The highest BCUT2D eigenvalue weighted by atomic mass is 16.6. The van der Waals surface area contributed by atoms with E-state index in [9.17, 15) is 4.79 Å². The van der Waals surface area contributed by atoms with Gasteiger partial charge in [0.2, 0.25) is 17.2 Å². The Balaban J connectivity index is 1.41. The van der Waals surface area contributed by atoms with Gasteiger partial charge in [-0.1, -0.05) is 12.8 Å². The second kappa shape index (κ2) is 8.12. The Morgan fingerprint density at radius 3 is 2.21 bits per heavy atom. The molecular formula is C20H29N7O2. The average Bonchev–Trinajstić information content (AvgIpc) is 3.27. The van der Waals surface area contributed by atoms with E-state index >= 15 is 0 Å². The monoisotopic (exact) mass is 399 g/mol. The lowest BCUT2D eigenvalue weighted by atomic mass is 9.97. The van der Waals surface area contributed by atoms with Gasteiger partial charge in [0.05, 0.1) is 0 Å². The minimum absolute atomic E-state index is 0.308. The Hall–Kier alpha value is -2.45. The number of carbonyl (C=O) groups excluding carboxylic acids is 1. The normalized spacial score (nSPS) is 23.8. The van der Waals surface area contributed by atoms with Gasteiger partial charge >= 0.3 is 0 Å². The molecule has 3 fully saturated rings. The van der Waals surface area contributed by atoms with Crippen LogP contribution in [0, 0.1) is 5.92 Å². The summed E-state index contributed by atoms with van der Waals surface area (Å²) in [5.74, 6) is 2.58. The highest BCUT2D eigenvalue weighted by Gasteiger charge is 2.30. The average molecular weight is 399 g/mol. The molecule has 5 heterocycles. The van der Waals surface area contributed by atoms with Gasteiger partial charge in [-0.05, 0) is 48.3 Å². The second-order valence-electron chi connectivity index (χ2n) is 8.58. The van der Waals surface area contributed by atoms with Crippen molar-refractivity contribution in [2.75, 3.05) is 49.1 Å². The standard InChI is InChI=1S/C20H29N7O2/c28-16-8-6-11-26(16)13-15-7-5-12-27(14-15)20-19(25-9-3-1-2-4-10-25)21-17-18(22-20)24-29-23-17/h15H,1-14H2/t15-/m1/s1. The molecule has 156 valence electrons. The fourth-order valence-electron chi connectivity index (χ4n) is 4.94. The van der Waals surface area contributed by atoms with Crippen molar-refractivity contribution in [1.82, 2.24) is 25.2 Å². The van der Waals surface area contributed by atoms with Crippen LogP contribution in [0.2, 0.25) is 0 Å². The quantitative estimate of drug-likeness (QED) is 0.773. The summed E-state index contributed by atoms with van der Waals surface area (Å²) >= 11 is 0. The molecule has 2 aromatic heterocycles. The van der Waals surface area contributed by atoms with Crippen molar-refractivity contribution >= 4 is 28.8 Å². The fourth-order valence-corrected chi connectivity index (χ4v) is 4.94. The lowest BCUT2D eigenvalue weighted by molar-refractivity contribution is -0.128. The Morgan fingerprint density at radius 1 is 0.828 bits per heavy atom. The van der Waals surface area contributed by atoms with E-state index in [-0.39, 0.29) is 0 Å². The number of aromatic nitrogens is 4. The molecule has 3 aliphatic rings. The van der Waals surface area contributed by atoms with E-state index in [1.54, 1.807) is 0 Å². The molecule has 5 rings (SSSR count). The highest BCUT2D eigenvalue weighted by molar-refractivity contribution is 5.78. The number of nitrogens with zero attached hydrogens (tertiary/aromatic N) is 7. The van der Waals surface area contributed by atoms with Crippen LogP contribution in [0.4, 0.5) is 11.6 Å². The molecule has 0 spiro atoms. The van der Waals surface area contributed by atoms with Gasteiger partial charge in [0.25, 0.3) is 0 Å². The predicted octanol–water partition coefficient (Wildman–Crippen LogP) is 2.23. The lowest BCUT2D eigenvalue weighted by Crippen LogP contribution is -2.42. The van der Waals surface area contributed by atoms with Crippen molar-refractivity contribution in [2.45, 2.75) is 51.4 Å². The predicted molar refractivity (Wildman–Crippen MR) is 109 cm³/mol. The Kier molecular flexibility index (Phi) is 5.20. The molecule has 1 atom stereocenters. The summed E-state index contributed by atoms with van der Waals surface area (Å²) in [7, 11) is 0. The van der Waals surface area contributed by atoms with Crippen LogP contribution in [-0.2, 0) is 4.79 Å². The zero-order chi connectivity index (χ0) is 19.6. The molecule has 9 heteroatoms. The molecule has 2 aromatic rings. The van der Waals surface area contributed by atoms with Crippen molar-refractivity contribution in [3.8, 4) is 0 Å². The number of carbonyl (C=O) groups is 1. The van der Waals surface area contributed by atoms with Crippen LogP contribution in [0.3, 0.4) is 0 Å². The molecule has 0 saturated carbocycles. The first-order chi connectivity index (χ1) is 14.3. The number of rotatable bonds is 4. The van der Waals surface area contributed by atoms with E-state index in [1.165, 1.54) is 25.7 Å². The summed E-state index contributed by atoms with van der Waals surface area (Å²) in [6, 6.07) is 0. The molecule has 9 nitrogen and oxygen atoms in total. The number of likely N-dealkylation sites (tertiary alicyclic amines) is 1. The molecule has 0 N–H and O–H groups in total. The largest absolute Gasteiger partial charge is 0.353 e. The maximum Gasteiger partial charge on any atom is 0.245 e. The molecule has 0 aromatic carbocycles. The van der Waals surface area contributed by atoms with Gasteiger partial charge in [0.1, 0.15) is 0 Å². The van der Waals surface area contributed by atoms with Gasteiger partial charge < -0.3 is 14.7 Å². The first kappa shape index (κ1) is 18.6. The maximum absolute atomic E-state index is 12.1. The third kappa shape index (κ3) is 3.86. The molecule has 3 aliphatic heterocycles. The molecule has 1 amide bonds. The number of hydrogen-bond donors (Lipinski definition) is 0. The first-order valence-corrected chi connectivity index (χ1v) is 11.1. The molecule has 3 saturated heterocycles. The third-order valence-electron chi connectivity index (χ3n) is 6.45. The van der Waals surface area contributed by atoms with E-state index in [2.05, 4.69) is 20.1 Å². The van der Waals surface area contributed by atoms with E-state index in [0.29, 0.717) is 29.5 Å². The van der Waals surface area contributed by atoms with Gasteiger partial charge in [0.15, 0.2) is 11.6 Å². The zero-order valence-corrected chi connectivity index (χ0v) is 16.9. The van der Waals surface area contributed by atoms with E-state index in [1.807, 2.05) is 4.90 Å². The zero-order valence-electron chi connectivity index (χ0n) is 16.9. The summed E-state index contributed by atoms with van der Waals surface area (Å²) in [6.45, 7) is 5.61. The summed E-state index contributed by atoms with van der Waals surface area (Å²) < 4.78 is 4.89. The summed E-state index contributed by atoms with van der Waals surface area (Å²) in [6.07, 6.45) is 8.84. The van der Waals surface area contributed by atoms with E-state index in [4.69, 9.17) is 14.6 Å².